The number of piperidine rings is 1. The fourth-order valence-corrected chi connectivity index (χ4v) is 3.86. The average molecular weight is 287 g/mol. The monoisotopic (exact) mass is 287 g/mol. The largest absolute Gasteiger partial charge is 0.311 e. The van der Waals surface area contributed by atoms with E-state index >= 15 is 0 Å². The van der Waals surface area contributed by atoms with Gasteiger partial charge in [0.15, 0.2) is 0 Å². The molecule has 3 heteroatoms. The lowest BCUT2D eigenvalue weighted by atomic mass is 9.97. The molecule has 0 aliphatic carbocycles. The minimum Gasteiger partial charge on any atom is -0.311 e. The number of hydrogen-bond donors (Lipinski definition) is 1. The number of benzene rings is 1. The SMILES string of the molecule is CN(C)CCN(Cc1ccccc1)C1CC2CCC(C1)N2. The molecule has 0 amide bonds. The predicted molar refractivity (Wildman–Crippen MR) is 88.4 cm³/mol. The molecule has 21 heavy (non-hydrogen) atoms. The van der Waals surface area contributed by atoms with Crippen molar-refractivity contribution < 1.29 is 0 Å². The van der Waals surface area contributed by atoms with Gasteiger partial charge in [-0.15, -0.1) is 0 Å². The molecule has 2 aliphatic rings. The summed E-state index contributed by atoms with van der Waals surface area (Å²) in [5, 5.41) is 3.77. The number of hydrogen-bond acceptors (Lipinski definition) is 3. The molecule has 2 fully saturated rings. The zero-order valence-electron chi connectivity index (χ0n) is 13.5. The van der Waals surface area contributed by atoms with Crippen LogP contribution in [0.1, 0.15) is 31.2 Å². The molecule has 2 aliphatic heterocycles. The number of nitrogens with zero attached hydrogens (tertiary/aromatic N) is 2. The second kappa shape index (κ2) is 6.91. The number of nitrogens with one attached hydrogen (secondary N) is 1. The highest BCUT2D eigenvalue weighted by Crippen LogP contribution is 2.30. The Morgan fingerprint density at radius 1 is 1.00 bits per heavy atom. The third-order valence-corrected chi connectivity index (χ3v) is 5.03. The summed E-state index contributed by atoms with van der Waals surface area (Å²) < 4.78 is 0. The highest BCUT2D eigenvalue weighted by atomic mass is 15.2. The zero-order valence-corrected chi connectivity index (χ0v) is 13.5. The van der Waals surface area contributed by atoms with Crippen LogP contribution >= 0.6 is 0 Å². The van der Waals surface area contributed by atoms with E-state index in [1.54, 1.807) is 0 Å². The maximum Gasteiger partial charge on any atom is 0.0237 e. The van der Waals surface area contributed by atoms with Gasteiger partial charge in [-0.1, -0.05) is 30.3 Å². The van der Waals surface area contributed by atoms with Gasteiger partial charge < -0.3 is 10.2 Å². The van der Waals surface area contributed by atoms with Gasteiger partial charge in [0.1, 0.15) is 0 Å². The average Bonchev–Trinajstić information content (AvgIpc) is 2.83. The standard InChI is InChI=1S/C18H29N3/c1-20(2)10-11-21(14-15-6-4-3-5-7-15)18-12-16-8-9-17(13-18)19-16/h3-7,16-19H,8-14H2,1-2H3. The third kappa shape index (κ3) is 4.06. The van der Waals surface area contributed by atoms with Crippen molar-refractivity contribution in [1.82, 2.24) is 15.1 Å². The Kier molecular flexibility index (Phi) is 4.94. The van der Waals surface area contributed by atoms with Crippen LogP contribution in [0, 0.1) is 0 Å². The van der Waals surface area contributed by atoms with Crippen LogP contribution in [0.4, 0.5) is 0 Å². The number of rotatable bonds is 6. The van der Waals surface area contributed by atoms with Crippen LogP contribution in [-0.4, -0.2) is 55.1 Å². The van der Waals surface area contributed by atoms with Gasteiger partial charge >= 0.3 is 0 Å². The first-order valence-corrected chi connectivity index (χ1v) is 8.39. The summed E-state index contributed by atoms with van der Waals surface area (Å²) in [7, 11) is 4.35. The predicted octanol–water partition coefficient (Wildman–Crippen LogP) is 2.33. The van der Waals surface area contributed by atoms with Gasteiger partial charge in [0, 0.05) is 37.8 Å². The summed E-state index contributed by atoms with van der Waals surface area (Å²) >= 11 is 0. The van der Waals surface area contributed by atoms with Crippen LogP contribution in [0.25, 0.3) is 0 Å². The third-order valence-electron chi connectivity index (χ3n) is 5.03. The van der Waals surface area contributed by atoms with Crippen molar-refractivity contribution in [3.05, 3.63) is 35.9 Å². The normalized spacial score (nSPS) is 28.5. The van der Waals surface area contributed by atoms with Crippen molar-refractivity contribution >= 4 is 0 Å². The maximum absolute atomic E-state index is 3.77. The van der Waals surface area contributed by atoms with E-state index in [9.17, 15) is 0 Å². The zero-order chi connectivity index (χ0) is 14.7. The van der Waals surface area contributed by atoms with Crippen LogP contribution in [0.5, 0.6) is 0 Å². The molecule has 1 aromatic rings. The van der Waals surface area contributed by atoms with Crippen molar-refractivity contribution in [3.63, 3.8) is 0 Å². The molecule has 2 bridgehead atoms. The van der Waals surface area contributed by atoms with Gasteiger partial charge in [0.2, 0.25) is 0 Å². The van der Waals surface area contributed by atoms with E-state index < -0.39 is 0 Å². The minimum atomic E-state index is 0.754. The second-order valence-electron chi connectivity index (χ2n) is 7.02. The first-order valence-electron chi connectivity index (χ1n) is 8.39. The molecule has 3 nitrogen and oxygen atoms in total. The van der Waals surface area contributed by atoms with E-state index in [1.807, 2.05) is 0 Å². The molecular weight excluding hydrogens is 258 g/mol. The van der Waals surface area contributed by atoms with Crippen molar-refractivity contribution in [3.8, 4) is 0 Å². The van der Waals surface area contributed by atoms with E-state index in [4.69, 9.17) is 0 Å². The van der Waals surface area contributed by atoms with Gasteiger partial charge in [-0.3, -0.25) is 4.90 Å². The lowest BCUT2D eigenvalue weighted by Crippen LogP contribution is -2.49. The van der Waals surface area contributed by atoms with E-state index in [-0.39, 0.29) is 0 Å². The first kappa shape index (κ1) is 15.0. The van der Waals surface area contributed by atoms with Gasteiger partial charge in [-0.2, -0.15) is 0 Å². The molecular formula is C18H29N3. The molecule has 2 heterocycles. The van der Waals surface area contributed by atoms with Gasteiger partial charge in [0.25, 0.3) is 0 Å². The maximum atomic E-state index is 3.77. The van der Waals surface area contributed by atoms with E-state index in [1.165, 1.54) is 37.8 Å². The number of fused-ring (bicyclic) bond motifs is 2. The summed E-state index contributed by atoms with van der Waals surface area (Å²) in [6.07, 6.45) is 5.43. The van der Waals surface area contributed by atoms with Crippen molar-refractivity contribution in [1.29, 1.82) is 0 Å². The molecule has 2 saturated heterocycles. The van der Waals surface area contributed by atoms with E-state index in [2.05, 4.69) is 59.5 Å². The molecule has 0 spiro atoms. The second-order valence-corrected chi connectivity index (χ2v) is 7.02. The highest BCUT2D eigenvalue weighted by Gasteiger charge is 2.35. The Balaban J connectivity index is 1.66. The Morgan fingerprint density at radius 2 is 1.67 bits per heavy atom. The molecule has 116 valence electrons. The van der Waals surface area contributed by atoms with Gasteiger partial charge in [0.05, 0.1) is 0 Å². The first-order chi connectivity index (χ1) is 10.2. The van der Waals surface area contributed by atoms with E-state index in [0.717, 1.165) is 31.2 Å². The lowest BCUT2D eigenvalue weighted by molar-refractivity contribution is 0.124. The summed E-state index contributed by atoms with van der Waals surface area (Å²) in [5.74, 6) is 0. The molecule has 2 atom stereocenters. The summed E-state index contributed by atoms with van der Waals surface area (Å²) in [5.41, 5.74) is 1.45. The Hall–Kier alpha value is -0.900. The lowest BCUT2D eigenvalue weighted by Gasteiger charge is -2.38. The summed E-state index contributed by atoms with van der Waals surface area (Å²) in [6, 6.07) is 13.2. The Bertz CT molecular complexity index is 419. The molecule has 1 aromatic carbocycles. The van der Waals surface area contributed by atoms with Crippen LogP contribution in [0.3, 0.4) is 0 Å². The van der Waals surface area contributed by atoms with Crippen molar-refractivity contribution in [2.24, 2.45) is 0 Å². The molecule has 0 saturated carbocycles. The molecule has 0 radical (unpaired) electrons. The van der Waals surface area contributed by atoms with Crippen LogP contribution in [0.2, 0.25) is 0 Å². The molecule has 2 unspecified atom stereocenters. The highest BCUT2D eigenvalue weighted by molar-refractivity contribution is 5.14. The van der Waals surface area contributed by atoms with Crippen LogP contribution in [-0.2, 0) is 6.54 Å². The summed E-state index contributed by atoms with van der Waals surface area (Å²) in [6.45, 7) is 3.41. The smallest absolute Gasteiger partial charge is 0.0237 e. The van der Waals surface area contributed by atoms with Gasteiger partial charge in [-0.05, 0) is 45.3 Å². The fraction of sp³-hybridized carbons (Fsp3) is 0.667. The van der Waals surface area contributed by atoms with Crippen LogP contribution < -0.4 is 5.32 Å². The molecule has 3 rings (SSSR count). The fourth-order valence-electron chi connectivity index (χ4n) is 3.86. The van der Waals surface area contributed by atoms with Gasteiger partial charge in [-0.25, -0.2) is 0 Å². The quantitative estimate of drug-likeness (QED) is 0.866. The Labute approximate surface area is 129 Å². The molecule has 0 aromatic heterocycles. The van der Waals surface area contributed by atoms with Crippen molar-refractivity contribution in [2.75, 3.05) is 27.2 Å². The van der Waals surface area contributed by atoms with Crippen LogP contribution in [0.15, 0.2) is 30.3 Å². The summed E-state index contributed by atoms with van der Waals surface area (Å²) in [4.78, 5) is 5.02. The van der Waals surface area contributed by atoms with Crippen molar-refractivity contribution in [2.45, 2.75) is 50.4 Å². The topological polar surface area (TPSA) is 18.5 Å². The van der Waals surface area contributed by atoms with E-state index in [0.29, 0.717) is 0 Å². The molecule has 1 N–H and O–H groups in total. The number of likely N-dealkylation sites (N-methyl/N-ethyl adjacent to an activating group) is 1. The minimum absolute atomic E-state index is 0.754. The Morgan fingerprint density at radius 3 is 2.29 bits per heavy atom.